The van der Waals surface area contributed by atoms with Gasteiger partial charge in [0.05, 0.1) is 19.3 Å². The van der Waals surface area contributed by atoms with Crippen molar-refractivity contribution < 1.29 is 18.8 Å². The number of carbonyl (C=O) groups excluding carboxylic acids is 1. The van der Waals surface area contributed by atoms with Crippen molar-refractivity contribution in [2.75, 3.05) is 20.2 Å². The number of carbonyl (C=O) groups is 1. The van der Waals surface area contributed by atoms with E-state index < -0.39 is 0 Å². The second kappa shape index (κ2) is 8.31. The standard InChI is InChI=1S/C19H25N3O4/c1-13-11-22(12-14(2)25-13)18(23)6-4-5-17-20-19(21-26-17)15-7-9-16(24-3)10-8-15/h7-10,13-14H,4-6,11-12H2,1-3H3/t13-,14-/m1/s1. The summed E-state index contributed by atoms with van der Waals surface area (Å²) in [4.78, 5) is 18.6. The number of methoxy groups -OCH3 is 1. The third kappa shape index (κ3) is 4.60. The largest absolute Gasteiger partial charge is 0.497 e. The second-order valence-electron chi connectivity index (χ2n) is 6.65. The molecule has 1 amide bonds. The summed E-state index contributed by atoms with van der Waals surface area (Å²) >= 11 is 0. The van der Waals surface area contributed by atoms with Crippen molar-refractivity contribution in [3.8, 4) is 17.1 Å². The number of benzene rings is 1. The maximum atomic E-state index is 12.4. The summed E-state index contributed by atoms with van der Waals surface area (Å²) in [5.41, 5.74) is 0.869. The van der Waals surface area contributed by atoms with Gasteiger partial charge in [-0.25, -0.2) is 0 Å². The van der Waals surface area contributed by atoms with Gasteiger partial charge in [-0.15, -0.1) is 0 Å². The lowest BCUT2D eigenvalue weighted by molar-refractivity contribution is -0.143. The number of aromatic nitrogens is 2. The molecule has 2 aromatic rings. The molecule has 140 valence electrons. The molecule has 0 bridgehead atoms. The Kier molecular flexibility index (Phi) is 5.88. The van der Waals surface area contributed by atoms with Crippen molar-refractivity contribution in [3.63, 3.8) is 0 Å². The van der Waals surface area contributed by atoms with Crippen LogP contribution in [-0.4, -0.2) is 53.4 Å². The first-order valence-corrected chi connectivity index (χ1v) is 8.95. The highest BCUT2D eigenvalue weighted by molar-refractivity contribution is 5.76. The van der Waals surface area contributed by atoms with E-state index in [9.17, 15) is 4.79 Å². The summed E-state index contributed by atoms with van der Waals surface area (Å²) in [5.74, 6) is 2.03. The number of hydrogen-bond donors (Lipinski definition) is 0. The van der Waals surface area contributed by atoms with Gasteiger partial charge in [-0.3, -0.25) is 4.79 Å². The zero-order chi connectivity index (χ0) is 18.5. The smallest absolute Gasteiger partial charge is 0.226 e. The van der Waals surface area contributed by atoms with Gasteiger partial charge >= 0.3 is 0 Å². The molecule has 2 heterocycles. The average Bonchev–Trinajstić information content (AvgIpc) is 3.10. The molecule has 26 heavy (non-hydrogen) atoms. The molecule has 1 aromatic heterocycles. The van der Waals surface area contributed by atoms with Crippen LogP contribution in [0.3, 0.4) is 0 Å². The van der Waals surface area contributed by atoms with Crippen molar-refractivity contribution in [3.05, 3.63) is 30.2 Å². The molecule has 0 radical (unpaired) electrons. The molecular formula is C19H25N3O4. The van der Waals surface area contributed by atoms with Gasteiger partial charge in [0.15, 0.2) is 0 Å². The molecular weight excluding hydrogens is 334 g/mol. The lowest BCUT2D eigenvalue weighted by atomic mass is 10.1. The van der Waals surface area contributed by atoms with Crippen LogP contribution in [0.4, 0.5) is 0 Å². The first-order valence-electron chi connectivity index (χ1n) is 8.95. The molecule has 1 saturated heterocycles. The van der Waals surface area contributed by atoms with Crippen LogP contribution in [-0.2, 0) is 16.0 Å². The first kappa shape index (κ1) is 18.4. The lowest BCUT2D eigenvalue weighted by Gasteiger charge is -2.35. The SMILES string of the molecule is COc1ccc(-c2noc(CCCC(=O)N3C[C@@H](C)O[C@H](C)C3)n2)cc1. The van der Waals surface area contributed by atoms with E-state index >= 15 is 0 Å². The summed E-state index contributed by atoms with van der Waals surface area (Å²) in [5, 5.41) is 4.01. The van der Waals surface area contributed by atoms with Gasteiger partial charge in [-0.2, -0.15) is 4.98 Å². The van der Waals surface area contributed by atoms with E-state index in [4.69, 9.17) is 14.0 Å². The highest BCUT2D eigenvalue weighted by Gasteiger charge is 2.25. The zero-order valence-corrected chi connectivity index (χ0v) is 15.5. The fourth-order valence-corrected chi connectivity index (χ4v) is 3.14. The van der Waals surface area contributed by atoms with Crippen LogP contribution in [0, 0.1) is 0 Å². The number of hydrogen-bond acceptors (Lipinski definition) is 6. The van der Waals surface area contributed by atoms with Gasteiger partial charge in [0.2, 0.25) is 17.6 Å². The third-order valence-electron chi connectivity index (χ3n) is 4.37. The van der Waals surface area contributed by atoms with Crippen LogP contribution in [0.2, 0.25) is 0 Å². The van der Waals surface area contributed by atoms with Crippen molar-refractivity contribution >= 4 is 5.91 Å². The molecule has 1 aromatic carbocycles. The highest BCUT2D eigenvalue weighted by Crippen LogP contribution is 2.20. The summed E-state index contributed by atoms with van der Waals surface area (Å²) in [6, 6.07) is 7.48. The van der Waals surface area contributed by atoms with Gasteiger partial charge in [-0.05, 0) is 44.5 Å². The van der Waals surface area contributed by atoms with Crippen molar-refractivity contribution in [1.82, 2.24) is 15.0 Å². The normalized spacial score (nSPS) is 20.2. The van der Waals surface area contributed by atoms with Crippen LogP contribution >= 0.6 is 0 Å². The fraction of sp³-hybridized carbons (Fsp3) is 0.526. The summed E-state index contributed by atoms with van der Waals surface area (Å²) < 4.78 is 16.1. The molecule has 1 aliphatic rings. The van der Waals surface area contributed by atoms with Crippen LogP contribution in [0.15, 0.2) is 28.8 Å². The first-order chi connectivity index (χ1) is 12.5. The Morgan fingerprint density at radius 1 is 1.23 bits per heavy atom. The Hall–Kier alpha value is -2.41. The van der Waals surface area contributed by atoms with Crippen LogP contribution < -0.4 is 4.74 Å². The number of amides is 1. The molecule has 0 unspecified atom stereocenters. The van der Waals surface area contributed by atoms with Gasteiger partial charge in [0.1, 0.15) is 5.75 Å². The van der Waals surface area contributed by atoms with E-state index in [1.54, 1.807) is 7.11 Å². The molecule has 1 aliphatic heterocycles. The molecule has 0 saturated carbocycles. The van der Waals surface area contributed by atoms with E-state index in [0.717, 1.165) is 11.3 Å². The maximum absolute atomic E-state index is 12.4. The van der Waals surface area contributed by atoms with Crippen LogP contribution in [0.5, 0.6) is 5.75 Å². The molecule has 3 rings (SSSR count). The van der Waals surface area contributed by atoms with Gasteiger partial charge < -0.3 is 18.9 Å². The lowest BCUT2D eigenvalue weighted by Crippen LogP contribution is -2.48. The van der Waals surface area contributed by atoms with Gasteiger partial charge in [0.25, 0.3) is 0 Å². The maximum Gasteiger partial charge on any atom is 0.226 e. The molecule has 0 aliphatic carbocycles. The van der Waals surface area contributed by atoms with Crippen molar-refractivity contribution in [1.29, 1.82) is 0 Å². The number of ether oxygens (including phenoxy) is 2. The van der Waals surface area contributed by atoms with Crippen LogP contribution in [0.25, 0.3) is 11.4 Å². The minimum absolute atomic E-state index is 0.0886. The molecule has 1 fully saturated rings. The second-order valence-corrected chi connectivity index (χ2v) is 6.65. The van der Waals surface area contributed by atoms with Crippen molar-refractivity contribution in [2.24, 2.45) is 0 Å². The van der Waals surface area contributed by atoms with Gasteiger partial charge in [-0.1, -0.05) is 5.16 Å². The summed E-state index contributed by atoms with van der Waals surface area (Å²) in [7, 11) is 1.63. The Balaban J connectivity index is 1.49. The Morgan fingerprint density at radius 2 is 1.92 bits per heavy atom. The average molecular weight is 359 g/mol. The number of nitrogens with zero attached hydrogens (tertiary/aromatic N) is 3. The number of morpholine rings is 1. The van der Waals surface area contributed by atoms with E-state index in [1.807, 2.05) is 43.0 Å². The predicted octanol–water partition coefficient (Wildman–Crippen LogP) is 2.70. The van der Waals surface area contributed by atoms with Crippen molar-refractivity contribution in [2.45, 2.75) is 45.3 Å². The molecule has 7 heteroatoms. The minimum Gasteiger partial charge on any atom is -0.497 e. The monoisotopic (exact) mass is 359 g/mol. The van der Waals surface area contributed by atoms with Gasteiger partial charge in [0, 0.05) is 31.5 Å². The minimum atomic E-state index is 0.0886. The Labute approximate surface area is 153 Å². The molecule has 0 N–H and O–H groups in total. The van der Waals surface area contributed by atoms with Crippen LogP contribution in [0.1, 0.15) is 32.6 Å². The fourth-order valence-electron chi connectivity index (χ4n) is 3.14. The zero-order valence-electron chi connectivity index (χ0n) is 15.5. The van der Waals surface area contributed by atoms with E-state index in [2.05, 4.69) is 10.1 Å². The number of aryl methyl sites for hydroxylation is 1. The topological polar surface area (TPSA) is 77.7 Å². The number of rotatable bonds is 6. The Bertz CT molecular complexity index is 719. The molecule has 2 atom stereocenters. The summed E-state index contributed by atoms with van der Waals surface area (Å²) in [6.45, 7) is 5.31. The van der Waals surface area contributed by atoms with E-state index in [-0.39, 0.29) is 18.1 Å². The quantitative estimate of drug-likeness (QED) is 0.789. The summed E-state index contributed by atoms with van der Waals surface area (Å²) in [6.07, 6.45) is 1.92. The highest BCUT2D eigenvalue weighted by atomic mass is 16.5. The Morgan fingerprint density at radius 3 is 2.58 bits per heavy atom. The molecule has 7 nitrogen and oxygen atoms in total. The third-order valence-corrected chi connectivity index (χ3v) is 4.37. The van der Waals surface area contributed by atoms with E-state index in [0.29, 0.717) is 44.1 Å². The predicted molar refractivity (Wildman–Crippen MR) is 95.8 cm³/mol. The van der Waals surface area contributed by atoms with E-state index in [1.165, 1.54) is 0 Å². The molecule has 0 spiro atoms.